The summed E-state index contributed by atoms with van der Waals surface area (Å²) in [6, 6.07) is 4.24. The number of rotatable bonds is 6. The molecule has 104 valence electrons. The van der Waals surface area contributed by atoms with Gasteiger partial charge >= 0.3 is 0 Å². The second-order valence-corrected chi connectivity index (χ2v) is 4.90. The van der Waals surface area contributed by atoms with Gasteiger partial charge < -0.3 is 16.8 Å². The van der Waals surface area contributed by atoms with Crippen LogP contribution >= 0.6 is 23.2 Å². The van der Waals surface area contributed by atoms with Crippen molar-refractivity contribution in [3.63, 3.8) is 0 Å². The normalized spacial score (nSPS) is 11.9. The van der Waals surface area contributed by atoms with Crippen LogP contribution in [-0.2, 0) is 16.0 Å². The molecule has 0 aromatic heterocycles. The zero-order chi connectivity index (χ0) is 14.4. The van der Waals surface area contributed by atoms with E-state index in [0.717, 1.165) is 5.56 Å². The lowest BCUT2D eigenvalue weighted by Crippen LogP contribution is -2.43. The Kier molecular flexibility index (Phi) is 6.08. The monoisotopic (exact) mass is 303 g/mol. The first-order valence-electron chi connectivity index (χ1n) is 5.65. The fraction of sp³-hybridized carbons (Fsp3) is 0.333. The topological polar surface area (TPSA) is 98.2 Å². The predicted octanol–water partition coefficient (Wildman–Crippen LogP) is 0.855. The van der Waals surface area contributed by atoms with Gasteiger partial charge in [-0.2, -0.15) is 0 Å². The number of benzene rings is 1. The Morgan fingerprint density at radius 3 is 2.58 bits per heavy atom. The molecule has 0 aliphatic carbocycles. The Bertz CT molecular complexity index is 480. The van der Waals surface area contributed by atoms with Gasteiger partial charge in [-0.1, -0.05) is 29.3 Å². The number of carbonyl (C=O) groups excluding carboxylic acids is 2. The molecule has 0 spiro atoms. The quantitative estimate of drug-likeness (QED) is 0.726. The van der Waals surface area contributed by atoms with Crippen LogP contribution in [0, 0.1) is 0 Å². The molecule has 0 aliphatic rings. The van der Waals surface area contributed by atoms with E-state index < -0.39 is 17.9 Å². The SMILES string of the molecule is NC(=O)CC(N)C(=O)NCCc1ccc(Cl)cc1Cl. The lowest BCUT2D eigenvalue weighted by atomic mass is 10.1. The maximum atomic E-state index is 11.5. The molecule has 0 saturated heterocycles. The minimum absolute atomic E-state index is 0.173. The highest BCUT2D eigenvalue weighted by Crippen LogP contribution is 2.20. The number of nitrogens with one attached hydrogen (secondary N) is 1. The van der Waals surface area contributed by atoms with Crippen molar-refractivity contribution in [2.45, 2.75) is 18.9 Å². The highest BCUT2D eigenvalue weighted by Gasteiger charge is 2.15. The van der Waals surface area contributed by atoms with Gasteiger partial charge in [0.2, 0.25) is 11.8 Å². The van der Waals surface area contributed by atoms with Crippen LogP contribution in [0.5, 0.6) is 0 Å². The van der Waals surface area contributed by atoms with Crippen LogP contribution in [0.25, 0.3) is 0 Å². The van der Waals surface area contributed by atoms with Gasteiger partial charge in [0.25, 0.3) is 0 Å². The highest BCUT2D eigenvalue weighted by molar-refractivity contribution is 6.35. The fourth-order valence-electron chi connectivity index (χ4n) is 1.49. The van der Waals surface area contributed by atoms with Gasteiger partial charge in [-0.25, -0.2) is 0 Å². The Hall–Kier alpha value is -1.30. The van der Waals surface area contributed by atoms with Gasteiger partial charge in [-0.15, -0.1) is 0 Å². The molecule has 0 fully saturated rings. The maximum absolute atomic E-state index is 11.5. The van der Waals surface area contributed by atoms with Gasteiger partial charge in [-0.3, -0.25) is 9.59 Å². The molecule has 1 aromatic rings. The van der Waals surface area contributed by atoms with Crippen molar-refractivity contribution < 1.29 is 9.59 Å². The van der Waals surface area contributed by atoms with Crippen LogP contribution in [-0.4, -0.2) is 24.4 Å². The summed E-state index contributed by atoms with van der Waals surface area (Å²) in [6.07, 6.45) is 0.374. The molecule has 5 N–H and O–H groups in total. The van der Waals surface area contributed by atoms with Gasteiger partial charge in [0.15, 0.2) is 0 Å². The molecule has 7 heteroatoms. The molecule has 1 rings (SSSR count). The van der Waals surface area contributed by atoms with E-state index in [1.165, 1.54) is 0 Å². The largest absolute Gasteiger partial charge is 0.370 e. The summed E-state index contributed by atoms with van der Waals surface area (Å²) in [5.41, 5.74) is 11.3. The first-order chi connectivity index (χ1) is 8.90. The van der Waals surface area contributed by atoms with Crippen molar-refractivity contribution in [2.75, 3.05) is 6.54 Å². The molecule has 1 aromatic carbocycles. The third-order valence-electron chi connectivity index (χ3n) is 2.47. The molecule has 0 heterocycles. The minimum atomic E-state index is -0.918. The highest BCUT2D eigenvalue weighted by atomic mass is 35.5. The lowest BCUT2D eigenvalue weighted by Gasteiger charge is -2.11. The number of carbonyl (C=O) groups is 2. The van der Waals surface area contributed by atoms with E-state index in [0.29, 0.717) is 23.0 Å². The number of hydrogen-bond donors (Lipinski definition) is 3. The summed E-state index contributed by atoms with van der Waals surface area (Å²) >= 11 is 11.8. The summed E-state index contributed by atoms with van der Waals surface area (Å²) < 4.78 is 0. The average Bonchev–Trinajstić information content (AvgIpc) is 2.30. The van der Waals surface area contributed by atoms with Crippen molar-refractivity contribution in [1.29, 1.82) is 0 Å². The standard InChI is InChI=1S/C12H15Cl2N3O2/c13-8-2-1-7(9(14)5-8)3-4-17-12(19)10(15)6-11(16)18/h1-2,5,10H,3-4,6,15H2,(H2,16,18)(H,17,19). The van der Waals surface area contributed by atoms with Crippen LogP contribution in [0.3, 0.4) is 0 Å². The molecule has 0 radical (unpaired) electrons. The summed E-state index contributed by atoms with van der Waals surface area (Å²) in [7, 11) is 0. The van der Waals surface area contributed by atoms with E-state index in [9.17, 15) is 9.59 Å². The first-order valence-corrected chi connectivity index (χ1v) is 6.41. The predicted molar refractivity (Wildman–Crippen MR) is 75.0 cm³/mol. The number of amides is 2. The fourth-order valence-corrected chi connectivity index (χ4v) is 1.99. The van der Waals surface area contributed by atoms with E-state index in [4.69, 9.17) is 34.7 Å². The molecule has 0 saturated carbocycles. The first kappa shape index (κ1) is 15.8. The maximum Gasteiger partial charge on any atom is 0.237 e. The van der Waals surface area contributed by atoms with Crippen LogP contribution < -0.4 is 16.8 Å². The summed E-state index contributed by atoms with van der Waals surface area (Å²) in [4.78, 5) is 22.1. The zero-order valence-electron chi connectivity index (χ0n) is 10.2. The summed E-state index contributed by atoms with van der Waals surface area (Å²) in [5, 5.41) is 3.72. The summed E-state index contributed by atoms with van der Waals surface area (Å²) in [6.45, 7) is 0.368. The number of hydrogen-bond acceptors (Lipinski definition) is 3. The third-order valence-corrected chi connectivity index (χ3v) is 3.05. The molecule has 1 unspecified atom stereocenters. The Morgan fingerprint density at radius 1 is 1.32 bits per heavy atom. The van der Waals surface area contributed by atoms with Crippen molar-refractivity contribution >= 4 is 35.0 Å². The second kappa shape index (κ2) is 7.33. The van der Waals surface area contributed by atoms with Crippen LogP contribution in [0.2, 0.25) is 10.0 Å². The Morgan fingerprint density at radius 2 is 2.00 bits per heavy atom. The molecule has 2 amide bonds. The molecular formula is C12H15Cl2N3O2. The number of halogens is 2. The smallest absolute Gasteiger partial charge is 0.237 e. The molecule has 0 bridgehead atoms. The molecule has 19 heavy (non-hydrogen) atoms. The van der Waals surface area contributed by atoms with E-state index in [2.05, 4.69) is 5.32 Å². The third kappa shape index (κ3) is 5.46. The molecule has 5 nitrogen and oxygen atoms in total. The van der Waals surface area contributed by atoms with E-state index in [1.807, 2.05) is 0 Å². The lowest BCUT2D eigenvalue weighted by molar-refractivity contribution is -0.126. The Balaban J connectivity index is 2.41. The zero-order valence-corrected chi connectivity index (χ0v) is 11.7. The Labute approximate surface area is 121 Å². The van der Waals surface area contributed by atoms with E-state index in [-0.39, 0.29) is 6.42 Å². The van der Waals surface area contributed by atoms with Crippen molar-refractivity contribution in [2.24, 2.45) is 11.5 Å². The van der Waals surface area contributed by atoms with Crippen molar-refractivity contribution in [3.8, 4) is 0 Å². The van der Waals surface area contributed by atoms with Gasteiger partial charge in [-0.05, 0) is 24.1 Å². The second-order valence-electron chi connectivity index (χ2n) is 4.05. The van der Waals surface area contributed by atoms with Gasteiger partial charge in [0.05, 0.1) is 12.5 Å². The number of nitrogens with two attached hydrogens (primary N) is 2. The van der Waals surface area contributed by atoms with E-state index in [1.54, 1.807) is 18.2 Å². The molecular weight excluding hydrogens is 289 g/mol. The van der Waals surface area contributed by atoms with Crippen LogP contribution in [0.4, 0.5) is 0 Å². The van der Waals surface area contributed by atoms with Crippen LogP contribution in [0.1, 0.15) is 12.0 Å². The number of primary amides is 1. The molecule has 1 atom stereocenters. The van der Waals surface area contributed by atoms with Gasteiger partial charge in [0.1, 0.15) is 0 Å². The van der Waals surface area contributed by atoms with Crippen LogP contribution in [0.15, 0.2) is 18.2 Å². The van der Waals surface area contributed by atoms with Crippen molar-refractivity contribution in [3.05, 3.63) is 33.8 Å². The average molecular weight is 304 g/mol. The summed E-state index contributed by atoms with van der Waals surface area (Å²) in [5.74, 6) is -1.02. The molecule has 0 aliphatic heterocycles. The van der Waals surface area contributed by atoms with Crippen molar-refractivity contribution in [1.82, 2.24) is 5.32 Å². The van der Waals surface area contributed by atoms with E-state index >= 15 is 0 Å². The van der Waals surface area contributed by atoms with Gasteiger partial charge in [0, 0.05) is 16.6 Å². The minimum Gasteiger partial charge on any atom is -0.370 e.